The first-order valence-electron chi connectivity index (χ1n) is 7.00. The van der Waals surface area contributed by atoms with Gasteiger partial charge in [-0.3, -0.25) is 10.1 Å². The van der Waals surface area contributed by atoms with Gasteiger partial charge < -0.3 is 5.73 Å². The molecule has 0 amide bonds. The van der Waals surface area contributed by atoms with Gasteiger partial charge in [0.15, 0.2) is 4.90 Å². The standard InChI is InChI=1S/C13H18ClN3O4S.ClH/c14-11-3-4-13(12(8-11)17(18)19)22(20,21)16-7-1-2-10(9-16)5-6-15;/h3-4,8,10H,1-2,5-7,9,15H2;1H. The predicted octanol–water partition coefficient (Wildman–Crippen LogP) is 2.42. The highest BCUT2D eigenvalue weighted by Gasteiger charge is 2.34. The molecule has 7 nitrogen and oxygen atoms in total. The molecule has 130 valence electrons. The van der Waals surface area contributed by atoms with Gasteiger partial charge in [-0.05, 0) is 43.9 Å². The molecule has 0 saturated carbocycles. The number of rotatable bonds is 5. The molecule has 23 heavy (non-hydrogen) atoms. The third kappa shape index (κ3) is 4.54. The first kappa shape index (κ1) is 20.1. The van der Waals surface area contributed by atoms with Crippen molar-refractivity contribution in [3.05, 3.63) is 33.3 Å². The number of hydrogen-bond donors (Lipinski definition) is 1. The van der Waals surface area contributed by atoms with Crippen LogP contribution in [0.3, 0.4) is 0 Å². The van der Waals surface area contributed by atoms with Crippen molar-refractivity contribution < 1.29 is 13.3 Å². The number of nitrogens with two attached hydrogens (primary N) is 1. The van der Waals surface area contributed by atoms with Crippen molar-refractivity contribution in [2.45, 2.75) is 24.2 Å². The first-order chi connectivity index (χ1) is 10.4. The zero-order valence-electron chi connectivity index (χ0n) is 12.4. The van der Waals surface area contributed by atoms with Crippen LogP contribution in [-0.4, -0.2) is 37.3 Å². The summed E-state index contributed by atoms with van der Waals surface area (Å²) in [6, 6.07) is 3.61. The molecule has 2 rings (SSSR count). The predicted molar refractivity (Wildman–Crippen MR) is 90.5 cm³/mol. The lowest BCUT2D eigenvalue weighted by molar-refractivity contribution is -0.387. The monoisotopic (exact) mass is 383 g/mol. The lowest BCUT2D eigenvalue weighted by Crippen LogP contribution is -2.40. The fourth-order valence-electron chi connectivity index (χ4n) is 2.71. The zero-order chi connectivity index (χ0) is 16.3. The maximum atomic E-state index is 12.7. The Labute approximate surface area is 146 Å². The van der Waals surface area contributed by atoms with Crippen LogP contribution in [-0.2, 0) is 10.0 Å². The van der Waals surface area contributed by atoms with E-state index in [2.05, 4.69) is 0 Å². The topological polar surface area (TPSA) is 107 Å². The lowest BCUT2D eigenvalue weighted by Gasteiger charge is -2.31. The lowest BCUT2D eigenvalue weighted by atomic mass is 9.96. The van der Waals surface area contributed by atoms with Crippen molar-refractivity contribution in [3.63, 3.8) is 0 Å². The number of nitro benzene ring substituents is 1. The molecule has 1 aliphatic rings. The van der Waals surface area contributed by atoms with Crippen LogP contribution in [0.2, 0.25) is 5.02 Å². The van der Waals surface area contributed by atoms with Crippen LogP contribution in [0.1, 0.15) is 19.3 Å². The van der Waals surface area contributed by atoms with Crippen molar-refractivity contribution in [2.75, 3.05) is 19.6 Å². The molecule has 0 aliphatic carbocycles. The van der Waals surface area contributed by atoms with Crippen molar-refractivity contribution in [1.29, 1.82) is 0 Å². The largest absolute Gasteiger partial charge is 0.330 e. The summed E-state index contributed by atoms with van der Waals surface area (Å²) in [7, 11) is -3.91. The van der Waals surface area contributed by atoms with Crippen molar-refractivity contribution in [3.8, 4) is 0 Å². The molecular formula is C13H19Cl2N3O4S. The molecule has 0 bridgehead atoms. The van der Waals surface area contributed by atoms with Crippen molar-refractivity contribution >= 4 is 39.7 Å². The summed E-state index contributed by atoms with van der Waals surface area (Å²) >= 11 is 5.73. The fourth-order valence-corrected chi connectivity index (χ4v) is 4.57. The highest BCUT2D eigenvalue weighted by atomic mass is 35.5. The Bertz CT molecular complexity index is 667. The van der Waals surface area contributed by atoms with Crippen LogP contribution >= 0.6 is 24.0 Å². The van der Waals surface area contributed by atoms with E-state index >= 15 is 0 Å². The molecule has 0 radical (unpaired) electrons. The molecule has 1 heterocycles. The van der Waals surface area contributed by atoms with E-state index in [0.717, 1.165) is 25.3 Å². The van der Waals surface area contributed by atoms with Crippen molar-refractivity contribution in [1.82, 2.24) is 4.31 Å². The van der Waals surface area contributed by atoms with Crippen LogP contribution in [0.25, 0.3) is 0 Å². The number of piperidine rings is 1. The summed E-state index contributed by atoms with van der Waals surface area (Å²) in [6.07, 6.45) is 2.39. The van der Waals surface area contributed by atoms with Gasteiger partial charge in [0.25, 0.3) is 5.69 Å². The molecule has 1 fully saturated rings. The summed E-state index contributed by atoms with van der Waals surface area (Å²) < 4.78 is 26.8. The number of sulfonamides is 1. The fraction of sp³-hybridized carbons (Fsp3) is 0.538. The number of hydrogen-bond acceptors (Lipinski definition) is 5. The minimum absolute atomic E-state index is 0. The van der Waals surface area contributed by atoms with Gasteiger partial charge in [0.2, 0.25) is 10.0 Å². The highest BCUT2D eigenvalue weighted by molar-refractivity contribution is 7.89. The quantitative estimate of drug-likeness (QED) is 0.620. The third-order valence-corrected chi connectivity index (χ3v) is 5.94. The molecule has 0 spiro atoms. The summed E-state index contributed by atoms with van der Waals surface area (Å²) in [5, 5.41) is 11.2. The number of nitro groups is 1. The minimum atomic E-state index is -3.91. The van der Waals surface area contributed by atoms with Gasteiger partial charge >= 0.3 is 0 Å². The van der Waals surface area contributed by atoms with Crippen molar-refractivity contribution in [2.24, 2.45) is 11.7 Å². The summed E-state index contributed by atoms with van der Waals surface area (Å²) in [5.41, 5.74) is 5.04. The Morgan fingerprint density at radius 1 is 1.43 bits per heavy atom. The minimum Gasteiger partial charge on any atom is -0.330 e. The van der Waals surface area contributed by atoms with Gasteiger partial charge in [0.1, 0.15) is 0 Å². The third-order valence-electron chi connectivity index (χ3n) is 3.79. The molecule has 0 aromatic heterocycles. The molecule has 1 aliphatic heterocycles. The normalized spacial score (nSPS) is 19.1. The second kappa shape index (κ2) is 8.25. The van der Waals surface area contributed by atoms with Crippen LogP contribution in [0, 0.1) is 16.0 Å². The summed E-state index contributed by atoms with van der Waals surface area (Å²) in [4.78, 5) is 10.1. The Kier molecular flexibility index (Phi) is 7.22. The number of halogens is 2. The Balaban J connectivity index is 0.00000264. The van der Waals surface area contributed by atoms with E-state index in [9.17, 15) is 18.5 Å². The van der Waals surface area contributed by atoms with E-state index in [1.165, 1.54) is 16.4 Å². The Hall–Kier alpha value is -0.930. The SMILES string of the molecule is Cl.NCCC1CCCN(S(=O)(=O)c2ccc(Cl)cc2[N+](=O)[O-])C1. The second-order valence-electron chi connectivity index (χ2n) is 5.32. The Morgan fingerprint density at radius 3 is 2.74 bits per heavy atom. The van der Waals surface area contributed by atoms with E-state index in [-0.39, 0.29) is 28.2 Å². The van der Waals surface area contributed by atoms with Gasteiger partial charge in [0, 0.05) is 24.2 Å². The smallest absolute Gasteiger partial charge is 0.290 e. The molecule has 1 saturated heterocycles. The molecule has 1 unspecified atom stereocenters. The molecule has 1 aromatic carbocycles. The maximum Gasteiger partial charge on any atom is 0.290 e. The molecule has 1 aromatic rings. The average molecular weight is 384 g/mol. The average Bonchev–Trinajstić information content (AvgIpc) is 2.47. The van der Waals surface area contributed by atoms with Crippen LogP contribution in [0.15, 0.2) is 23.1 Å². The van der Waals surface area contributed by atoms with E-state index in [4.69, 9.17) is 17.3 Å². The van der Waals surface area contributed by atoms with Gasteiger partial charge in [-0.1, -0.05) is 11.6 Å². The highest BCUT2D eigenvalue weighted by Crippen LogP contribution is 2.32. The molecule has 1 atom stereocenters. The number of nitrogens with zero attached hydrogens (tertiary/aromatic N) is 2. The second-order valence-corrected chi connectivity index (χ2v) is 7.66. The Morgan fingerprint density at radius 2 is 2.13 bits per heavy atom. The van der Waals surface area contributed by atoms with E-state index < -0.39 is 20.6 Å². The number of benzene rings is 1. The van der Waals surface area contributed by atoms with E-state index in [1.54, 1.807) is 0 Å². The molecule has 2 N–H and O–H groups in total. The van der Waals surface area contributed by atoms with Crippen LogP contribution in [0.5, 0.6) is 0 Å². The summed E-state index contributed by atoms with van der Waals surface area (Å²) in [6.45, 7) is 1.21. The van der Waals surface area contributed by atoms with Crippen LogP contribution in [0.4, 0.5) is 5.69 Å². The maximum absolute atomic E-state index is 12.7. The van der Waals surface area contributed by atoms with E-state index in [0.29, 0.717) is 19.6 Å². The molecular weight excluding hydrogens is 365 g/mol. The van der Waals surface area contributed by atoms with Crippen LogP contribution < -0.4 is 5.73 Å². The summed E-state index contributed by atoms with van der Waals surface area (Å²) in [5.74, 6) is 0.194. The van der Waals surface area contributed by atoms with E-state index in [1.807, 2.05) is 0 Å². The van der Waals surface area contributed by atoms with Gasteiger partial charge in [-0.15, -0.1) is 12.4 Å². The first-order valence-corrected chi connectivity index (χ1v) is 8.82. The van der Waals surface area contributed by atoms with Gasteiger partial charge in [0.05, 0.1) is 4.92 Å². The van der Waals surface area contributed by atoms with Gasteiger partial charge in [-0.2, -0.15) is 4.31 Å². The molecule has 10 heteroatoms. The van der Waals surface area contributed by atoms with Gasteiger partial charge in [-0.25, -0.2) is 8.42 Å². The zero-order valence-corrected chi connectivity index (χ0v) is 14.7.